The average molecular weight is 521 g/mol. The molecule has 198 valence electrons. The number of nitrogens with zero attached hydrogens (tertiary/aromatic N) is 5. The van der Waals surface area contributed by atoms with Crippen molar-refractivity contribution in [2.24, 2.45) is 10.4 Å². The summed E-state index contributed by atoms with van der Waals surface area (Å²) in [6, 6.07) is 14.0. The highest BCUT2D eigenvalue weighted by Gasteiger charge is 2.18. The molecule has 0 saturated heterocycles. The summed E-state index contributed by atoms with van der Waals surface area (Å²) in [6.45, 7) is 11.6. The number of benzene rings is 2. The van der Waals surface area contributed by atoms with E-state index >= 15 is 0 Å². The number of fused-ring (bicyclic) bond motifs is 2. The average Bonchev–Trinajstić information content (AvgIpc) is 3.51. The Morgan fingerprint density at radius 2 is 1.95 bits per heavy atom. The van der Waals surface area contributed by atoms with Crippen LogP contribution in [0.2, 0.25) is 0 Å². The number of aromatic amines is 2. The summed E-state index contributed by atoms with van der Waals surface area (Å²) in [4.78, 5) is 31.1. The van der Waals surface area contributed by atoms with E-state index in [0.717, 1.165) is 50.1 Å². The molecule has 0 saturated carbocycles. The quantitative estimate of drug-likeness (QED) is 0.211. The van der Waals surface area contributed by atoms with Crippen LogP contribution >= 0.6 is 0 Å². The molecule has 2 aromatic carbocycles. The standard InChI is InChI=1S/C30H32N8O/c1-18(31-5)17-38(6)25-9-7-8-24-28(25)35-29(34-24)27-22-13-19(10-11-23(22)36-37-27)20-12-21(16-32-15-20)33-26(39)14-30(2,3)4/h7-13,15-17H,5,14H2,1-4,6H3,(H,33,39)(H,34,35)(H,36,37)/b18-17-. The highest BCUT2D eigenvalue weighted by Crippen LogP contribution is 2.33. The Morgan fingerprint density at radius 3 is 2.72 bits per heavy atom. The number of pyridine rings is 1. The van der Waals surface area contributed by atoms with Gasteiger partial charge in [-0.3, -0.25) is 19.9 Å². The number of carbonyl (C=O) groups is 1. The van der Waals surface area contributed by atoms with Gasteiger partial charge in [0.1, 0.15) is 11.2 Å². The lowest BCUT2D eigenvalue weighted by Gasteiger charge is -2.17. The van der Waals surface area contributed by atoms with E-state index in [4.69, 9.17) is 4.98 Å². The summed E-state index contributed by atoms with van der Waals surface area (Å²) in [5, 5.41) is 11.6. The summed E-state index contributed by atoms with van der Waals surface area (Å²) >= 11 is 0. The van der Waals surface area contributed by atoms with E-state index in [1.165, 1.54) is 0 Å². The molecule has 0 radical (unpaired) electrons. The number of para-hydroxylation sites is 1. The summed E-state index contributed by atoms with van der Waals surface area (Å²) in [5.74, 6) is 0.633. The number of amides is 1. The molecule has 0 fully saturated rings. The molecular weight excluding hydrogens is 488 g/mol. The molecule has 9 heteroatoms. The molecule has 5 rings (SSSR count). The Balaban J connectivity index is 1.50. The number of nitrogens with one attached hydrogen (secondary N) is 3. The molecule has 0 atom stereocenters. The summed E-state index contributed by atoms with van der Waals surface area (Å²) in [7, 11) is 1.96. The summed E-state index contributed by atoms with van der Waals surface area (Å²) in [5.41, 5.74) is 7.52. The van der Waals surface area contributed by atoms with E-state index in [0.29, 0.717) is 17.9 Å². The van der Waals surface area contributed by atoms with Crippen molar-refractivity contribution >= 4 is 45.9 Å². The monoisotopic (exact) mass is 520 g/mol. The van der Waals surface area contributed by atoms with E-state index in [-0.39, 0.29) is 11.3 Å². The lowest BCUT2D eigenvalue weighted by atomic mass is 9.92. The van der Waals surface area contributed by atoms with Crippen LogP contribution in [0, 0.1) is 5.41 Å². The van der Waals surface area contributed by atoms with Gasteiger partial charge in [-0.05, 0) is 55.0 Å². The molecule has 1 amide bonds. The Bertz CT molecular complexity index is 1720. The molecule has 3 heterocycles. The second kappa shape index (κ2) is 10.2. The van der Waals surface area contributed by atoms with E-state index in [1.54, 1.807) is 12.4 Å². The molecular formula is C30H32N8O. The van der Waals surface area contributed by atoms with Crippen molar-refractivity contribution in [2.75, 3.05) is 17.3 Å². The molecule has 3 aromatic heterocycles. The Morgan fingerprint density at radius 1 is 1.13 bits per heavy atom. The highest BCUT2D eigenvalue weighted by atomic mass is 16.1. The van der Waals surface area contributed by atoms with E-state index in [1.807, 2.05) is 82.2 Å². The number of rotatable bonds is 7. The first-order valence-corrected chi connectivity index (χ1v) is 12.7. The largest absolute Gasteiger partial charge is 0.347 e. The molecule has 0 bridgehead atoms. The van der Waals surface area contributed by atoms with Crippen LogP contribution in [0.1, 0.15) is 34.1 Å². The van der Waals surface area contributed by atoms with E-state index < -0.39 is 0 Å². The minimum atomic E-state index is -0.0941. The van der Waals surface area contributed by atoms with E-state index in [2.05, 4.69) is 43.3 Å². The number of anilines is 2. The van der Waals surface area contributed by atoms with Crippen molar-refractivity contribution in [2.45, 2.75) is 34.1 Å². The first kappa shape index (κ1) is 25.8. The molecule has 0 unspecified atom stereocenters. The van der Waals surface area contributed by atoms with Gasteiger partial charge >= 0.3 is 0 Å². The smallest absolute Gasteiger partial charge is 0.224 e. The van der Waals surface area contributed by atoms with Gasteiger partial charge in [0.2, 0.25) is 5.91 Å². The number of aliphatic imine (C=N–C) groups is 1. The number of aromatic nitrogens is 5. The highest BCUT2D eigenvalue weighted by molar-refractivity contribution is 5.98. The van der Waals surface area contributed by atoms with Crippen molar-refractivity contribution in [1.82, 2.24) is 25.1 Å². The van der Waals surface area contributed by atoms with Gasteiger partial charge in [0.05, 0.1) is 34.3 Å². The van der Waals surface area contributed by atoms with Crippen molar-refractivity contribution in [3.05, 3.63) is 66.8 Å². The summed E-state index contributed by atoms with van der Waals surface area (Å²) in [6.07, 6.45) is 5.80. The van der Waals surface area contributed by atoms with Crippen LogP contribution in [-0.4, -0.2) is 44.8 Å². The molecule has 9 nitrogen and oxygen atoms in total. The van der Waals surface area contributed by atoms with Crippen LogP contribution in [0.3, 0.4) is 0 Å². The molecule has 5 aromatic rings. The topological polar surface area (TPSA) is 115 Å². The Labute approximate surface area is 227 Å². The van der Waals surface area contributed by atoms with Crippen LogP contribution in [0.25, 0.3) is 44.6 Å². The normalized spacial score (nSPS) is 12.2. The van der Waals surface area contributed by atoms with Crippen molar-refractivity contribution in [3.63, 3.8) is 0 Å². The predicted octanol–water partition coefficient (Wildman–Crippen LogP) is 6.54. The third kappa shape index (κ3) is 5.57. The van der Waals surface area contributed by atoms with Gasteiger partial charge in [-0.1, -0.05) is 32.9 Å². The lowest BCUT2D eigenvalue weighted by Crippen LogP contribution is -2.19. The Hall–Kier alpha value is -4.79. The van der Waals surface area contributed by atoms with E-state index in [9.17, 15) is 4.79 Å². The molecule has 0 aliphatic carbocycles. The number of H-pyrrole nitrogens is 2. The maximum Gasteiger partial charge on any atom is 0.224 e. The van der Waals surface area contributed by atoms with Crippen LogP contribution < -0.4 is 10.2 Å². The zero-order valence-electron chi connectivity index (χ0n) is 22.8. The van der Waals surface area contributed by atoms with Crippen molar-refractivity contribution in [1.29, 1.82) is 0 Å². The maximum atomic E-state index is 12.5. The zero-order valence-corrected chi connectivity index (χ0v) is 22.8. The molecule has 0 aliphatic rings. The van der Waals surface area contributed by atoms with Gasteiger partial charge in [0, 0.05) is 36.8 Å². The number of hydrogen-bond acceptors (Lipinski definition) is 6. The zero-order chi connectivity index (χ0) is 27.7. The van der Waals surface area contributed by atoms with Gasteiger partial charge in [0.25, 0.3) is 0 Å². The number of imidazole rings is 1. The van der Waals surface area contributed by atoms with Crippen LogP contribution in [0.5, 0.6) is 0 Å². The minimum Gasteiger partial charge on any atom is -0.347 e. The van der Waals surface area contributed by atoms with Crippen LogP contribution in [-0.2, 0) is 4.79 Å². The third-order valence-electron chi connectivity index (χ3n) is 6.33. The van der Waals surface area contributed by atoms with Gasteiger partial charge in [-0.2, -0.15) is 5.10 Å². The van der Waals surface area contributed by atoms with Gasteiger partial charge < -0.3 is 15.2 Å². The SMILES string of the molecule is C=N/C(C)=C\N(C)c1cccc2[nH]c(-c3n[nH]c4ccc(-c5cncc(NC(=O)CC(C)(C)C)c5)cc34)nc12. The number of allylic oxidation sites excluding steroid dienone is 1. The maximum absolute atomic E-state index is 12.5. The second-order valence-corrected chi connectivity index (χ2v) is 10.9. The lowest BCUT2D eigenvalue weighted by molar-refractivity contribution is -0.117. The molecule has 3 N–H and O–H groups in total. The van der Waals surface area contributed by atoms with Crippen molar-refractivity contribution in [3.8, 4) is 22.6 Å². The second-order valence-electron chi connectivity index (χ2n) is 10.9. The first-order chi connectivity index (χ1) is 18.6. The molecule has 0 spiro atoms. The first-order valence-electron chi connectivity index (χ1n) is 12.7. The predicted molar refractivity (Wildman–Crippen MR) is 159 cm³/mol. The fraction of sp³-hybridized carbons (Fsp3) is 0.233. The van der Waals surface area contributed by atoms with Gasteiger partial charge in [-0.15, -0.1) is 0 Å². The van der Waals surface area contributed by atoms with Gasteiger partial charge in [-0.25, -0.2) is 4.98 Å². The molecule has 0 aliphatic heterocycles. The van der Waals surface area contributed by atoms with Crippen molar-refractivity contribution < 1.29 is 4.79 Å². The van der Waals surface area contributed by atoms with Crippen LogP contribution in [0.4, 0.5) is 11.4 Å². The summed E-state index contributed by atoms with van der Waals surface area (Å²) < 4.78 is 0. The third-order valence-corrected chi connectivity index (χ3v) is 6.33. The fourth-order valence-corrected chi connectivity index (χ4v) is 4.53. The minimum absolute atomic E-state index is 0.0321. The van der Waals surface area contributed by atoms with Gasteiger partial charge in [0.15, 0.2) is 5.82 Å². The number of hydrogen-bond donors (Lipinski definition) is 3. The van der Waals surface area contributed by atoms with Crippen LogP contribution in [0.15, 0.2) is 71.7 Å². The Kier molecular flexibility index (Phi) is 6.74. The number of carbonyl (C=O) groups excluding carboxylic acids is 1. The molecule has 39 heavy (non-hydrogen) atoms. The fourth-order valence-electron chi connectivity index (χ4n) is 4.53.